The van der Waals surface area contributed by atoms with E-state index in [9.17, 15) is 10.1 Å². The smallest absolute Gasteiger partial charge is 0.269 e. The van der Waals surface area contributed by atoms with Crippen molar-refractivity contribution in [3.8, 4) is 11.3 Å². The Kier molecular flexibility index (Phi) is 4.52. The summed E-state index contributed by atoms with van der Waals surface area (Å²) in [5, 5.41) is 10.6. The molecule has 0 radical (unpaired) electrons. The molecule has 6 heteroatoms. The lowest BCUT2D eigenvalue weighted by molar-refractivity contribution is -0.384. The molecule has 0 saturated carbocycles. The number of nitro benzene ring substituents is 1. The molecule has 1 aliphatic heterocycles. The molecule has 1 aromatic carbocycles. The number of hydrogen-bond acceptors (Lipinski definition) is 5. The number of hydrogen-bond donors (Lipinski definition) is 0. The van der Waals surface area contributed by atoms with Gasteiger partial charge in [0.2, 0.25) is 5.89 Å². The molecule has 2 heterocycles. The summed E-state index contributed by atoms with van der Waals surface area (Å²) >= 11 is 0. The van der Waals surface area contributed by atoms with Crippen LogP contribution in [0, 0.1) is 10.1 Å². The number of likely N-dealkylation sites (tertiary alicyclic amines) is 1. The number of aromatic nitrogens is 1. The van der Waals surface area contributed by atoms with Gasteiger partial charge in [-0.05, 0) is 37.3 Å². The van der Waals surface area contributed by atoms with Crippen LogP contribution in [0.1, 0.15) is 18.7 Å². The van der Waals surface area contributed by atoms with Gasteiger partial charge >= 0.3 is 0 Å². The Morgan fingerprint density at radius 1 is 1.17 bits per heavy atom. The molecule has 3 rings (SSSR count). The topological polar surface area (TPSA) is 72.4 Å². The third-order valence-electron chi connectivity index (χ3n) is 3.67. The highest BCUT2D eigenvalue weighted by Crippen LogP contribution is 2.23. The average Bonchev–Trinajstić information content (AvgIpc) is 3.23. The molecule has 2 aromatic rings. The van der Waals surface area contributed by atoms with Gasteiger partial charge in [0.1, 0.15) is 0 Å². The number of nitrogens with zero attached hydrogens (tertiary/aromatic N) is 3. The van der Waals surface area contributed by atoms with Crippen molar-refractivity contribution in [3.63, 3.8) is 0 Å². The van der Waals surface area contributed by atoms with E-state index < -0.39 is 4.92 Å². The van der Waals surface area contributed by atoms with E-state index in [1.165, 1.54) is 25.0 Å². The maximum atomic E-state index is 10.6. The molecular formula is C17H17N3O3. The monoisotopic (exact) mass is 311 g/mol. The zero-order chi connectivity index (χ0) is 16.1. The van der Waals surface area contributed by atoms with Crippen LogP contribution in [0.25, 0.3) is 17.4 Å². The summed E-state index contributed by atoms with van der Waals surface area (Å²) in [6, 6.07) is 6.21. The van der Waals surface area contributed by atoms with Gasteiger partial charge < -0.3 is 9.32 Å². The first kappa shape index (κ1) is 15.0. The molecule has 0 unspecified atom stereocenters. The maximum absolute atomic E-state index is 10.6. The van der Waals surface area contributed by atoms with Crippen molar-refractivity contribution in [1.29, 1.82) is 0 Å². The van der Waals surface area contributed by atoms with Crippen LogP contribution >= 0.6 is 0 Å². The second kappa shape index (κ2) is 6.91. The van der Waals surface area contributed by atoms with E-state index in [1.807, 2.05) is 12.2 Å². The Morgan fingerprint density at radius 2 is 1.91 bits per heavy atom. The van der Waals surface area contributed by atoms with E-state index in [-0.39, 0.29) is 5.69 Å². The van der Waals surface area contributed by atoms with Gasteiger partial charge in [-0.15, -0.1) is 0 Å². The Morgan fingerprint density at radius 3 is 2.61 bits per heavy atom. The number of non-ortho nitro benzene ring substituents is 1. The van der Waals surface area contributed by atoms with Gasteiger partial charge in [-0.25, -0.2) is 4.98 Å². The van der Waals surface area contributed by atoms with Crippen LogP contribution in [0.2, 0.25) is 0 Å². The molecule has 0 atom stereocenters. The van der Waals surface area contributed by atoms with Crippen LogP contribution in [0.3, 0.4) is 0 Å². The minimum atomic E-state index is -0.426. The summed E-state index contributed by atoms with van der Waals surface area (Å²) in [4.78, 5) is 16.7. The van der Waals surface area contributed by atoms with E-state index in [4.69, 9.17) is 4.42 Å². The SMILES string of the molecule is O=[N+]([O-])c1ccc(-c2cnc(/C=C/C=C/N3CCCC3)o2)cc1. The third kappa shape index (κ3) is 3.85. The first-order chi connectivity index (χ1) is 11.2. The highest BCUT2D eigenvalue weighted by molar-refractivity contribution is 5.59. The van der Waals surface area contributed by atoms with Crippen molar-refractivity contribution in [1.82, 2.24) is 9.88 Å². The average molecular weight is 311 g/mol. The lowest BCUT2D eigenvalue weighted by Crippen LogP contribution is -2.09. The summed E-state index contributed by atoms with van der Waals surface area (Å²) in [6.07, 6.45) is 11.9. The molecule has 23 heavy (non-hydrogen) atoms. The van der Waals surface area contributed by atoms with E-state index in [1.54, 1.807) is 24.4 Å². The van der Waals surface area contributed by atoms with Gasteiger partial charge in [0.05, 0.1) is 11.1 Å². The molecule has 118 valence electrons. The third-order valence-corrected chi connectivity index (χ3v) is 3.67. The Balaban J connectivity index is 1.64. The van der Waals surface area contributed by atoms with Crippen molar-refractivity contribution in [3.05, 3.63) is 64.8 Å². The second-order valence-electron chi connectivity index (χ2n) is 5.31. The lowest BCUT2D eigenvalue weighted by atomic mass is 10.2. The molecule has 1 fully saturated rings. The Labute approximate surface area is 133 Å². The first-order valence-corrected chi connectivity index (χ1v) is 7.52. The van der Waals surface area contributed by atoms with Crippen molar-refractivity contribution in [2.75, 3.05) is 13.1 Å². The molecule has 0 bridgehead atoms. The largest absolute Gasteiger partial charge is 0.437 e. The van der Waals surface area contributed by atoms with Crippen LogP contribution in [0.5, 0.6) is 0 Å². The molecule has 0 spiro atoms. The number of benzene rings is 1. The van der Waals surface area contributed by atoms with Gasteiger partial charge in [0.15, 0.2) is 5.76 Å². The summed E-state index contributed by atoms with van der Waals surface area (Å²) in [7, 11) is 0. The zero-order valence-electron chi connectivity index (χ0n) is 12.6. The van der Waals surface area contributed by atoms with Gasteiger partial charge in [0, 0.05) is 36.9 Å². The number of allylic oxidation sites excluding steroid dienone is 2. The van der Waals surface area contributed by atoms with Gasteiger partial charge in [0.25, 0.3) is 5.69 Å². The summed E-state index contributed by atoms with van der Waals surface area (Å²) in [5.41, 5.74) is 0.816. The summed E-state index contributed by atoms with van der Waals surface area (Å²) in [5.74, 6) is 1.09. The lowest BCUT2D eigenvalue weighted by Gasteiger charge is -2.08. The minimum absolute atomic E-state index is 0.0560. The number of nitro groups is 1. The van der Waals surface area contributed by atoms with E-state index in [2.05, 4.69) is 16.1 Å². The van der Waals surface area contributed by atoms with Crippen LogP contribution in [0.15, 0.2) is 53.2 Å². The fourth-order valence-electron chi connectivity index (χ4n) is 2.45. The van der Waals surface area contributed by atoms with E-state index in [0.29, 0.717) is 11.7 Å². The molecule has 1 aliphatic rings. The molecule has 1 saturated heterocycles. The van der Waals surface area contributed by atoms with Crippen LogP contribution in [-0.4, -0.2) is 27.9 Å². The Hall–Kier alpha value is -2.89. The van der Waals surface area contributed by atoms with Crippen molar-refractivity contribution >= 4 is 11.8 Å². The molecule has 0 amide bonds. The normalized spacial score (nSPS) is 15.0. The van der Waals surface area contributed by atoms with E-state index in [0.717, 1.165) is 18.7 Å². The van der Waals surface area contributed by atoms with Crippen LogP contribution in [-0.2, 0) is 0 Å². The number of rotatable bonds is 5. The number of oxazole rings is 1. The van der Waals surface area contributed by atoms with Crippen molar-refractivity contribution in [2.45, 2.75) is 12.8 Å². The van der Waals surface area contributed by atoms with Crippen molar-refractivity contribution in [2.24, 2.45) is 0 Å². The van der Waals surface area contributed by atoms with Crippen LogP contribution < -0.4 is 0 Å². The quantitative estimate of drug-likeness (QED) is 0.476. The maximum Gasteiger partial charge on any atom is 0.269 e. The van der Waals surface area contributed by atoms with Gasteiger partial charge in [-0.3, -0.25) is 10.1 Å². The molecule has 1 aromatic heterocycles. The standard InChI is InChI=1S/C17H17N3O3/c21-20(22)15-8-6-14(7-9-15)16-13-18-17(23-16)5-1-2-10-19-11-3-4-12-19/h1-2,5-10,13H,3-4,11-12H2/b5-1+,10-2+. The molecule has 0 aliphatic carbocycles. The zero-order valence-corrected chi connectivity index (χ0v) is 12.6. The molecule has 6 nitrogen and oxygen atoms in total. The van der Waals surface area contributed by atoms with Crippen LogP contribution in [0.4, 0.5) is 5.69 Å². The van der Waals surface area contributed by atoms with Gasteiger partial charge in [-0.1, -0.05) is 6.08 Å². The fraction of sp³-hybridized carbons (Fsp3) is 0.235. The summed E-state index contributed by atoms with van der Waals surface area (Å²) < 4.78 is 5.63. The predicted molar refractivity (Wildman–Crippen MR) is 87.6 cm³/mol. The Bertz CT molecular complexity index is 726. The summed E-state index contributed by atoms with van der Waals surface area (Å²) in [6.45, 7) is 2.24. The molecule has 0 N–H and O–H groups in total. The van der Waals surface area contributed by atoms with E-state index >= 15 is 0 Å². The second-order valence-corrected chi connectivity index (χ2v) is 5.31. The minimum Gasteiger partial charge on any atom is -0.437 e. The predicted octanol–water partition coefficient (Wildman–Crippen LogP) is 3.87. The fourth-order valence-corrected chi connectivity index (χ4v) is 2.45. The van der Waals surface area contributed by atoms with Crippen molar-refractivity contribution < 1.29 is 9.34 Å². The first-order valence-electron chi connectivity index (χ1n) is 7.52. The highest BCUT2D eigenvalue weighted by Gasteiger charge is 2.08. The highest BCUT2D eigenvalue weighted by atomic mass is 16.6. The molecular weight excluding hydrogens is 294 g/mol. The van der Waals surface area contributed by atoms with Gasteiger partial charge in [-0.2, -0.15) is 0 Å².